The minimum atomic E-state index is -2.92. The number of hydrogen-bond donors (Lipinski definition) is 2. The highest BCUT2D eigenvalue weighted by molar-refractivity contribution is 7.91. The first-order valence-electron chi connectivity index (χ1n) is 11.1. The van der Waals surface area contributed by atoms with Crippen molar-refractivity contribution in [1.29, 1.82) is 0 Å². The number of amides is 1. The molecule has 0 aromatic heterocycles. The summed E-state index contributed by atoms with van der Waals surface area (Å²) in [6, 6.07) is 2.72. The molecule has 3 N–H and O–H groups in total. The predicted octanol–water partition coefficient (Wildman–Crippen LogP) is 4.91. The first-order chi connectivity index (χ1) is 14.4. The molecule has 0 radical (unpaired) electrons. The van der Waals surface area contributed by atoms with Crippen molar-refractivity contribution < 1.29 is 13.7 Å². The molecule has 1 aromatic rings. The second-order valence-corrected chi connectivity index (χ2v) is 10.9. The van der Waals surface area contributed by atoms with Crippen LogP contribution in [0.15, 0.2) is 22.7 Å². The molecule has 1 amide bonds. The molecule has 1 heterocycles. The van der Waals surface area contributed by atoms with Gasteiger partial charge in [-0.2, -0.15) is 0 Å². The van der Waals surface area contributed by atoms with Crippen molar-refractivity contribution in [3.63, 3.8) is 0 Å². The summed E-state index contributed by atoms with van der Waals surface area (Å²) in [6.07, 6.45) is 4.08. The summed E-state index contributed by atoms with van der Waals surface area (Å²) in [4.78, 5) is 12.4. The van der Waals surface area contributed by atoms with E-state index in [0.29, 0.717) is 19.3 Å². The predicted molar refractivity (Wildman–Crippen MR) is 130 cm³/mol. The summed E-state index contributed by atoms with van der Waals surface area (Å²) in [5, 5.41) is 8.69. The molecule has 0 aliphatic carbocycles. The first-order valence-corrected chi connectivity index (χ1v) is 12.9. The summed E-state index contributed by atoms with van der Waals surface area (Å²) in [6.45, 7) is 17.6. The number of allylic oxidation sites excluding steroid dienone is 1. The van der Waals surface area contributed by atoms with Crippen LogP contribution in [0, 0.1) is 0 Å². The number of ether oxygens (including phenoxy) is 1. The molecule has 1 aromatic carbocycles. The summed E-state index contributed by atoms with van der Waals surface area (Å²) in [5.41, 5.74) is 5.74. The van der Waals surface area contributed by atoms with E-state index in [-0.39, 0.29) is 24.0 Å². The lowest BCUT2D eigenvalue weighted by Crippen LogP contribution is -2.18. The topological polar surface area (TPSA) is 93.8 Å². The quantitative estimate of drug-likeness (QED) is 0.616. The van der Waals surface area contributed by atoms with Crippen LogP contribution >= 0.6 is 0 Å². The van der Waals surface area contributed by atoms with Crippen LogP contribution in [-0.2, 0) is 39.1 Å². The average Bonchev–Trinajstić information content (AvgIpc) is 3.13. The minimum Gasteiger partial charge on any atom is -0.389 e. The molecule has 6 nitrogen and oxygen atoms in total. The molecule has 2 rings (SSSR count). The molecule has 0 spiro atoms. The largest absolute Gasteiger partial charge is 0.389 e. The maximum Gasteiger partial charge on any atom is 0.259 e. The van der Waals surface area contributed by atoms with Crippen molar-refractivity contribution in [2.75, 3.05) is 5.75 Å². The highest BCUT2D eigenvalue weighted by Crippen LogP contribution is 2.37. The fourth-order valence-electron chi connectivity index (χ4n) is 3.55. The van der Waals surface area contributed by atoms with Crippen molar-refractivity contribution in [3.8, 4) is 0 Å². The second kappa shape index (κ2) is 12.4. The number of benzene rings is 1. The maximum absolute atomic E-state index is 12.4. The van der Waals surface area contributed by atoms with Crippen LogP contribution in [0.2, 0.25) is 0 Å². The fraction of sp³-hybridized carbons (Fsp3) is 0.625. The molecule has 31 heavy (non-hydrogen) atoms. The number of fused-ring (bicyclic) bond motifs is 1. The molecule has 1 unspecified atom stereocenters. The van der Waals surface area contributed by atoms with Gasteiger partial charge in [-0.1, -0.05) is 46.8 Å². The van der Waals surface area contributed by atoms with E-state index in [1.165, 1.54) is 16.7 Å². The van der Waals surface area contributed by atoms with Crippen molar-refractivity contribution in [2.45, 2.75) is 92.9 Å². The van der Waals surface area contributed by atoms with E-state index in [1.54, 1.807) is 6.92 Å². The van der Waals surface area contributed by atoms with Crippen molar-refractivity contribution in [1.82, 2.24) is 5.32 Å². The van der Waals surface area contributed by atoms with Crippen LogP contribution in [-0.4, -0.2) is 21.9 Å². The lowest BCUT2D eigenvalue weighted by atomic mass is 9.82. The van der Waals surface area contributed by atoms with Gasteiger partial charge >= 0.3 is 0 Å². The smallest absolute Gasteiger partial charge is 0.259 e. The third-order valence-electron chi connectivity index (χ3n) is 5.01. The van der Waals surface area contributed by atoms with Gasteiger partial charge in [-0.15, -0.1) is 4.36 Å². The Balaban J connectivity index is 0.000000592. The summed E-state index contributed by atoms with van der Waals surface area (Å²) in [7, 11) is -2.92. The Morgan fingerprint density at radius 2 is 1.87 bits per heavy atom. The monoisotopic (exact) mass is 451 g/mol. The maximum atomic E-state index is 12.4. The van der Waals surface area contributed by atoms with Gasteiger partial charge in [0.15, 0.2) is 0 Å². The zero-order valence-corrected chi connectivity index (χ0v) is 21.3. The third kappa shape index (κ3) is 8.39. The van der Waals surface area contributed by atoms with Crippen LogP contribution in [0.4, 0.5) is 0 Å². The zero-order valence-electron chi connectivity index (χ0n) is 20.5. The fourth-order valence-corrected chi connectivity index (χ4v) is 4.09. The normalized spacial score (nSPS) is 15.1. The molecule has 176 valence electrons. The average molecular weight is 452 g/mol. The molecule has 7 heteroatoms. The Morgan fingerprint density at radius 1 is 1.23 bits per heavy atom. The number of rotatable bonds is 7. The Bertz CT molecular complexity index is 896. The van der Waals surface area contributed by atoms with Crippen LogP contribution < -0.4 is 10.5 Å². The summed E-state index contributed by atoms with van der Waals surface area (Å²) >= 11 is 0. The summed E-state index contributed by atoms with van der Waals surface area (Å²) < 4.78 is 21.3. The Morgan fingerprint density at radius 3 is 2.32 bits per heavy atom. The van der Waals surface area contributed by atoms with Gasteiger partial charge in [0, 0.05) is 11.8 Å². The first kappa shape index (κ1) is 27.3. The Hall–Kier alpha value is -1.70. The number of nitrogens with zero attached hydrogens (tertiary/aromatic N) is 1. The van der Waals surface area contributed by atoms with Gasteiger partial charge in [-0.3, -0.25) is 4.79 Å². The SMILES string of the molecule is C/C=C\NC(C)C.CCS(N)(=O)=NC(=O)Cc1c(C(C)C)cc2c(c1C(C)C)COC2. The number of hydrogen-bond acceptors (Lipinski definition) is 4. The summed E-state index contributed by atoms with van der Waals surface area (Å²) in [5.74, 6) is 0.317. The van der Waals surface area contributed by atoms with Gasteiger partial charge in [0.1, 0.15) is 9.92 Å². The van der Waals surface area contributed by atoms with Crippen molar-refractivity contribution >= 4 is 15.8 Å². The second-order valence-electron chi connectivity index (χ2n) is 8.76. The van der Waals surface area contributed by atoms with Gasteiger partial charge in [0.2, 0.25) is 0 Å². The van der Waals surface area contributed by atoms with E-state index in [9.17, 15) is 9.00 Å². The van der Waals surface area contributed by atoms with Crippen LogP contribution in [0.5, 0.6) is 0 Å². The van der Waals surface area contributed by atoms with Gasteiger partial charge in [0.25, 0.3) is 5.91 Å². The van der Waals surface area contributed by atoms with Gasteiger partial charge in [0.05, 0.1) is 19.6 Å². The van der Waals surface area contributed by atoms with Crippen molar-refractivity contribution in [3.05, 3.63) is 46.2 Å². The van der Waals surface area contributed by atoms with E-state index >= 15 is 0 Å². The van der Waals surface area contributed by atoms with Gasteiger partial charge < -0.3 is 10.1 Å². The zero-order chi connectivity index (χ0) is 23.8. The lowest BCUT2D eigenvalue weighted by molar-refractivity contribution is -0.117. The molecular formula is C24H41N3O3S. The van der Waals surface area contributed by atoms with E-state index < -0.39 is 15.8 Å². The molecule has 0 saturated heterocycles. The van der Waals surface area contributed by atoms with Crippen LogP contribution in [0.3, 0.4) is 0 Å². The molecule has 0 saturated carbocycles. The molecule has 1 aliphatic rings. The van der Waals surface area contributed by atoms with Gasteiger partial charge in [-0.05, 0) is 66.6 Å². The minimum absolute atomic E-state index is 0.141. The van der Waals surface area contributed by atoms with Crippen molar-refractivity contribution in [2.24, 2.45) is 9.50 Å². The van der Waals surface area contributed by atoms with Crippen LogP contribution in [0.1, 0.15) is 95.0 Å². The molecule has 0 fully saturated rings. The number of nitrogens with one attached hydrogen (secondary N) is 1. The Labute approximate surface area is 189 Å². The van der Waals surface area contributed by atoms with Gasteiger partial charge in [-0.25, -0.2) is 9.35 Å². The molecule has 1 atom stereocenters. The van der Waals surface area contributed by atoms with E-state index in [0.717, 1.165) is 11.1 Å². The van der Waals surface area contributed by atoms with E-state index in [4.69, 9.17) is 9.88 Å². The number of carbonyl (C=O) groups excluding carboxylic acids is 1. The standard InChI is InChI=1S/C18H28N2O3S.C6H13N/c1-6-24(19,22)20-17(21)8-15-14(11(2)3)7-13-9-23-10-16(13)18(15)12(4)5;1-4-5-7-6(2)3/h7,11-12H,6,8-10H2,1-5H3,(H2,19,20,21,22);4-7H,1-3H3/b;5-4-. The van der Waals surface area contributed by atoms with E-state index in [1.807, 2.05) is 19.2 Å². The lowest BCUT2D eigenvalue weighted by Gasteiger charge is -2.22. The third-order valence-corrected chi connectivity index (χ3v) is 6.35. The van der Waals surface area contributed by atoms with Crippen LogP contribution in [0.25, 0.3) is 0 Å². The van der Waals surface area contributed by atoms with E-state index in [2.05, 4.69) is 57.3 Å². The number of nitrogens with two attached hydrogens (primary N) is 1. The highest BCUT2D eigenvalue weighted by atomic mass is 32.2. The number of carbonyl (C=O) groups is 1. The molecular weight excluding hydrogens is 410 g/mol. The Kier molecular flexibility index (Phi) is 10.9. The molecule has 0 bridgehead atoms. The highest BCUT2D eigenvalue weighted by Gasteiger charge is 2.25. The molecule has 1 aliphatic heterocycles.